The number of halogens is 1. The third-order valence-corrected chi connectivity index (χ3v) is 6.31. The monoisotopic (exact) mass is 434 g/mol. The van der Waals surface area contributed by atoms with Crippen molar-refractivity contribution in [2.24, 2.45) is 0 Å². The molecule has 2 aromatic rings. The number of fused-ring (bicyclic) bond motifs is 6. The maximum Gasteiger partial charge on any atom is 0.341 e. The summed E-state index contributed by atoms with van der Waals surface area (Å²) in [6.45, 7) is 4.16. The summed E-state index contributed by atoms with van der Waals surface area (Å²) in [6.07, 6.45) is 3.11. The van der Waals surface area contributed by atoms with Crippen LogP contribution in [0.2, 0.25) is 0 Å². The molecule has 0 saturated carbocycles. The Morgan fingerprint density at radius 3 is 2.70 bits per heavy atom. The largest absolute Gasteiger partial charge is 0.503 e. The van der Waals surface area contributed by atoms with Gasteiger partial charge in [-0.2, -0.15) is 0 Å². The smallest absolute Gasteiger partial charge is 0.341 e. The molecule has 0 amide bonds. The number of rotatable bonds is 2. The van der Waals surface area contributed by atoms with Gasteiger partial charge in [0.1, 0.15) is 5.56 Å². The van der Waals surface area contributed by atoms with Gasteiger partial charge in [-0.05, 0) is 48.7 Å². The highest BCUT2D eigenvalue weighted by Crippen LogP contribution is 2.53. The number of hydrogen-bond donors (Lipinski definition) is 2. The normalized spacial score (nSPS) is 19.3. The van der Waals surface area contributed by atoms with E-state index in [9.17, 15) is 19.8 Å². The molecule has 1 atom stereocenters. The van der Waals surface area contributed by atoms with E-state index in [2.05, 4.69) is 34.8 Å². The summed E-state index contributed by atoms with van der Waals surface area (Å²) in [6, 6.07) is 2.97. The van der Waals surface area contributed by atoms with Crippen LogP contribution in [0.4, 0.5) is 0 Å². The number of phenolic OH excluding ortho intramolecular Hbond substituents is 1. The van der Waals surface area contributed by atoms with Gasteiger partial charge in [0.2, 0.25) is 0 Å². The molecule has 0 radical (unpaired) electrons. The van der Waals surface area contributed by atoms with Crippen molar-refractivity contribution >= 4 is 21.9 Å². The summed E-state index contributed by atoms with van der Waals surface area (Å²) < 4.78 is 7.58. The van der Waals surface area contributed by atoms with E-state index in [0.717, 1.165) is 24.0 Å². The fourth-order valence-electron chi connectivity index (χ4n) is 4.25. The van der Waals surface area contributed by atoms with Gasteiger partial charge in [-0.3, -0.25) is 14.5 Å². The average molecular weight is 435 g/mol. The van der Waals surface area contributed by atoms with Crippen molar-refractivity contribution in [3.8, 4) is 22.8 Å². The van der Waals surface area contributed by atoms with Gasteiger partial charge in [-0.25, -0.2) is 4.79 Å². The van der Waals surface area contributed by atoms with Crippen LogP contribution in [0.5, 0.6) is 11.5 Å². The van der Waals surface area contributed by atoms with Crippen molar-refractivity contribution < 1.29 is 19.7 Å². The highest BCUT2D eigenvalue weighted by atomic mass is 79.9. The highest BCUT2D eigenvalue weighted by Gasteiger charge is 2.46. The number of carboxylic acid groups (broad SMARTS) is 1. The molecular weight excluding hydrogens is 416 g/mol. The molecule has 0 bridgehead atoms. The Labute approximate surface area is 163 Å². The Morgan fingerprint density at radius 1 is 1.37 bits per heavy atom. The molecule has 0 unspecified atom stereocenters. The lowest BCUT2D eigenvalue weighted by molar-refractivity contribution is 0.0694. The van der Waals surface area contributed by atoms with Crippen LogP contribution in [0.15, 0.2) is 27.6 Å². The fraction of sp³-hybridized carbons (Fsp3) is 0.368. The number of carboxylic acids is 1. The van der Waals surface area contributed by atoms with Crippen molar-refractivity contribution in [2.45, 2.75) is 38.3 Å². The van der Waals surface area contributed by atoms with Crippen LogP contribution in [0.25, 0.3) is 11.3 Å². The molecule has 1 fully saturated rings. The molecule has 27 heavy (non-hydrogen) atoms. The van der Waals surface area contributed by atoms with Crippen LogP contribution in [-0.2, 0) is 0 Å². The molecule has 7 nitrogen and oxygen atoms in total. The van der Waals surface area contributed by atoms with Gasteiger partial charge >= 0.3 is 5.97 Å². The van der Waals surface area contributed by atoms with Gasteiger partial charge in [-0.1, -0.05) is 0 Å². The third-order valence-electron chi connectivity index (χ3n) is 5.51. The van der Waals surface area contributed by atoms with Crippen LogP contribution in [0, 0.1) is 0 Å². The summed E-state index contributed by atoms with van der Waals surface area (Å²) in [5.74, 6) is -0.953. The minimum atomic E-state index is -1.25. The van der Waals surface area contributed by atoms with Gasteiger partial charge in [0.25, 0.3) is 0 Å². The number of methoxy groups -OCH3 is 1. The number of aromatic nitrogens is 1. The maximum atomic E-state index is 12.4. The first kappa shape index (κ1) is 17.9. The summed E-state index contributed by atoms with van der Waals surface area (Å²) in [5.41, 5.74) is 1.11. The van der Waals surface area contributed by atoms with E-state index in [-0.39, 0.29) is 28.6 Å². The quantitative estimate of drug-likeness (QED) is 0.753. The van der Waals surface area contributed by atoms with Crippen LogP contribution >= 0.6 is 15.9 Å². The first-order valence-electron chi connectivity index (χ1n) is 8.56. The summed E-state index contributed by atoms with van der Waals surface area (Å²) >= 11 is 3.50. The van der Waals surface area contributed by atoms with Crippen molar-refractivity contribution in [3.05, 3.63) is 44.2 Å². The molecule has 142 valence electrons. The number of carbonyl (C=O) groups is 1. The van der Waals surface area contributed by atoms with E-state index in [4.69, 9.17) is 4.74 Å². The number of ether oxygens (including phenoxy) is 1. The van der Waals surface area contributed by atoms with Crippen molar-refractivity contribution in [1.82, 2.24) is 4.68 Å². The average Bonchev–Trinajstić information content (AvgIpc) is 2.92. The number of phenols is 1. The fourth-order valence-corrected chi connectivity index (χ4v) is 4.92. The van der Waals surface area contributed by atoms with Crippen molar-refractivity contribution in [2.75, 3.05) is 12.1 Å². The van der Waals surface area contributed by atoms with Crippen LogP contribution in [-0.4, -0.2) is 33.5 Å². The van der Waals surface area contributed by atoms with Gasteiger partial charge in [-0.15, -0.1) is 0 Å². The molecule has 4 rings (SSSR count). The standard InChI is InChI=1S/C19H19BrN2O5/c1-19(2)5-4-11-15-9(6-14(27-3)17(24)16(15)20)12-7-13(23)10(18(25)26)8-21(12)22(11)19/h6-8,11,24H,4-5H2,1-3H3,(H,25,26)/t11-/m1/s1. The molecule has 3 heterocycles. The number of aromatic hydroxyl groups is 1. The molecule has 8 heteroatoms. The van der Waals surface area contributed by atoms with E-state index in [1.165, 1.54) is 19.4 Å². The third kappa shape index (κ3) is 2.39. The Bertz CT molecular complexity index is 1040. The Kier molecular flexibility index (Phi) is 3.82. The number of hydrogen-bond acceptors (Lipinski definition) is 5. The predicted octanol–water partition coefficient (Wildman–Crippen LogP) is 3.26. The molecule has 2 aliphatic rings. The molecule has 1 saturated heterocycles. The predicted molar refractivity (Wildman–Crippen MR) is 103 cm³/mol. The number of pyridine rings is 1. The minimum absolute atomic E-state index is 0.0128. The van der Waals surface area contributed by atoms with Crippen molar-refractivity contribution in [1.29, 1.82) is 0 Å². The SMILES string of the molecule is COc1cc2c(c(Br)c1O)[C@H]1CCC(C)(C)N1n1cc(C(=O)O)c(=O)cc1-2. The Balaban J connectivity index is 2.12. The summed E-state index contributed by atoms with van der Waals surface area (Å²) in [5, 5.41) is 22.0. The second kappa shape index (κ2) is 5.76. The molecule has 2 aliphatic heterocycles. The maximum absolute atomic E-state index is 12.4. The van der Waals surface area contributed by atoms with E-state index < -0.39 is 11.4 Å². The molecule has 1 aromatic carbocycles. The first-order valence-corrected chi connectivity index (χ1v) is 9.36. The second-order valence-corrected chi connectivity index (χ2v) is 8.29. The van der Waals surface area contributed by atoms with Gasteiger partial charge in [0.15, 0.2) is 16.9 Å². The van der Waals surface area contributed by atoms with E-state index in [1.807, 2.05) is 0 Å². The molecular formula is C19H19BrN2O5. The zero-order valence-electron chi connectivity index (χ0n) is 15.1. The van der Waals surface area contributed by atoms with Crippen LogP contribution < -0.4 is 15.2 Å². The minimum Gasteiger partial charge on any atom is -0.503 e. The summed E-state index contributed by atoms with van der Waals surface area (Å²) in [7, 11) is 1.46. The lowest BCUT2D eigenvalue weighted by Crippen LogP contribution is -2.50. The molecule has 0 spiro atoms. The number of aromatic carboxylic acids is 1. The highest BCUT2D eigenvalue weighted by molar-refractivity contribution is 9.10. The molecule has 1 aromatic heterocycles. The lowest BCUT2D eigenvalue weighted by Gasteiger charge is -2.45. The van der Waals surface area contributed by atoms with Crippen molar-refractivity contribution in [3.63, 3.8) is 0 Å². The zero-order valence-corrected chi connectivity index (χ0v) is 16.7. The lowest BCUT2D eigenvalue weighted by atomic mass is 9.93. The van der Waals surface area contributed by atoms with Crippen LogP contribution in [0.3, 0.4) is 0 Å². The number of nitrogens with zero attached hydrogens (tertiary/aromatic N) is 2. The van der Waals surface area contributed by atoms with Gasteiger partial charge < -0.3 is 14.9 Å². The molecule has 2 N–H and O–H groups in total. The topological polar surface area (TPSA) is 92.0 Å². The van der Waals surface area contributed by atoms with Crippen LogP contribution in [0.1, 0.15) is 48.7 Å². The number of benzene rings is 1. The van der Waals surface area contributed by atoms with Gasteiger partial charge in [0, 0.05) is 23.4 Å². The van der Waals surface area contributed by atoms with E-state index in [1.54, 1.807) is 10.7 Å². The second-order valence-electron chi connectivity index (χ2n) is 7.50. The first-order chi connectivity index (χ1) is 12.7. The molecule has 0 aliphatic carbocycles. The Morgan fingerprint density at radius 2 is 2.07 bits per heavy atom. The van der Waals surface area contributed by atoms with Gasteiger partial charge in [0.05, 0.1) is 28.9 Å². The zero-order chi connectivity index (χ0) is 19.7. The summed E-state index contributed by atoms with van der Waals surface area (Å²) in [4.78, 5) is 23.9. The van der Waals surface area contributed by atoms with E-state index in [0.29, 0.717) is 10.2 Å². The van der Waals surface area contributed by atoms with E-state index >= 15 is 0 Å². The Hall–Kier alpha value is -2.48.